The van der Waals surface area contributed by atoms with Crippen molar-refractivity contribution in [1.82, 2.24) is 0 Å². The second-order valence-corrected chi connectivity index (χ2v) is 4.21. The maximum Gasteiger partial charge on any atom is 0.229 e. The number of amides is 1. The minimum atomic E-state index is -0.0169. The molecule has 2 atom stereocenters. The number of anilines is 2. The fourth-order valence-electron chi connectivity index (χ4n) is 1.79. The van der Waals surface area contributed by atoms with Crippen LogP contribution in [0.15, 0.2) is 18.2 Å². The maximum atomic E-state index is 11.7. The van der Waals surface area contributed by atoms with Gasteiger partial charge in [0.1, 0.15) is 0 Å². The molecule has 1 aromatic rings. The number of hydrogen-bond donors (Lipinski definition) is 2. The van der Waals surface area contributed by atoms with Crippen LogP contribution in [0.5, 0.6) is 0 Å². The molecule has 0 saturated heterocycles. The molecule has 2 N–H and O–H groups in total. The van der Waals surface area contributed by atoms with Gasteiger partial charge in [-0.2, -0.15) is 0 Å². The van der Waals surface area contributed by atoms with Crippen LogP contribution in [0.1, 0.15) is 19.4 Å². The number of nitrogens with one attached hydrogen (secondary N) is 2. The molecule has 1 heterocycles. The van der Waals surface area contributed by atoms with Crippen LogP contribution in [0.2, 0.25) is 0 Å². The summed E-state index contributed by atoms with van der Waals surface area (Å²) >= 11 is 0. The summed E-state index contributed by atoms with van der Waals surface area (Å²) in [7, 11) is 0. The highest BCUT2D eigenvalue weighted by molar-refractivity contribution is 5.98. The maximum absolute atomic E-state index is 11.7. The lowest BCUT2D eigenvalue weighted by Crippen LogP contribution is -2.30. The Labute approximate surface area is 89.9 Å². The Morgan fingerprint density at radius 3 is 2.73 bits per heavy atom. The molecule has 1 aromatic carbocycles. The summed E-state index contributed by atoms with van der Waals surface area (Å²) in [4.78, 5) is 11.7. The minimum Gasteiger partial charge on any atom is -0.380 e. The van der Waals surface area contributed by atoms with E-state index in [1.54, 1.807) is 0 Å². The zero-order valence-corrected chi connectivity index (χ0v) is 9.29. The first-order valence-corrected chi connectivity index (χ1v) is 5.26. The minimum absolute atomic E-state index is 0.0169. The monoisotopic (exact) mass is 204 g/mol. The van der Waals surface area contributed by atoms with Gasteiger partial charge < -0.3 is 10.6 Å². The van der Waals surface area contributed by atoms with Crippen LogP contribution in [0.25, 0.3) is 0 Å². The molecule has 1 amide bonds. The van der Waals surface area contributed by atoms with Crippen molar-refractivity contribution in [3.63, 3.8) is 0 Å². The molecule has 0 spiro atoms. The first kappa shape index (κ1) is 10.0. The van der Waals surface area contributed by atoms with Gasteiger partial charge in [0, 0.05) is 6.04 Å². The fraction of sp³-hybridized carbons (Fsp3) is 0.417. The lowest BCUT2D eigenvalue weighted by molar-refractivity contribution is -0.119. The van der Waals surface area contributed by atoms with Gasteiger partial charge in [-0.1, -0.05) is 19.1 Å². The number of carbonyl (C=O) groups excluding carboxylic acids is 1. The lowest BCUT2D eigenvalue weighted by atomic mass is 10.0. The van der Waals surface area contributed by atoms with Crippen molar-refractivity contribution >= 4 is 17.3 Å². The molecule has 15 heavy (non-hydrogen) atoms. The summed E-state index contributed by atoms with van der Waals surface area (Å²) in [5.41, 5.74) is 3.09. The number of fused-ring (bicyclic) bond motifs is 1. The van der Waals surface area contributed by atoms with Gasteiger partial charge in [-0.05, 0) is 25.5 Å². The SMILES string of the molecule is Cc1cccc2c1NC(C)C(C)C(=O)N2. The van der Waals surface area contributed by atoms with Crippen molar-refractivity contribution in [2.45, 2.75) is 26.8 Å². The highest BCUT2D eigenvalue weighted by Gasteiger charge is 2.25. The van der Waals surface area contributed by atoms with Crippen molar-refractivity contribution < 1.29 is 4.79 Å². The molecule has 0 aliphatic carbocycles. The fourth-order valence-corrected chi connectivity index (χ4v) is 1.79. The number of rotatable bonds is 0. The molecule has 2 unspecified atom stereocenters. The topological polar surface area (TPSA) is 41.1 Å². The van der Waals surface area contributed by atoms with Crippen LogP contribution in [0.3, 0.4) is 0 Å². The number of para-hydroxylation sites is 1. The van der Waals surface area contributed by atoms with E-state index >= 15 is 0 Å². The van der Waals surface area contributed by atoms with E-state index in [0.717, 1.165) is 16.9 Å². The summed E-state index contributed by atoms with van der Waals surface area (Å²) in [6.07, 6.45) is 0. The van der Waals surface area contributed by atoms with Gasteiger partial charge in [0.25, 0.3) is 0 Å². The molecule has 0 radical (unpaired) electrons. The number of benzene rings is 1. The highest BCUT2D eigenvalue weighted by Crippen LogP contribution is 2.30. The van der Waals surface area contributed by atoms with Gasteiger partial charge in [-0.3, -0.25) is 4.79 Å². The van der Waals surface area contributed by atoms with Gasteiger partial charge >= 0.3 is 0 Å². The predicted octanol–water partition coefficient (Wildman–Crippen LogP) is 2.38. The van der Waals surface area contributed by atoms with Crippen LogP contribution >= 0.6 is 0 Å². The zero-order valence-electron chi connectivity index (χ0n) is 9.29. The lowest BCUT2D eigenvalue weighted by Gasteiger charge is -2.17. The standard InChI is InChI=1S/C12H16N2O/c1-7-5-4-6-10-11(7)13-9(3)8(2)12(15)14-10/h4-6,8-9,13H,1-3H3,(H,14,15). The van der Waals surface area contributed by atoms with Gasteiger partial charge in [-0.25, -0.2) is 0 Å². The Bertz CT molecular complexity index is 401. The smallest absolute Gasteiger partial charge is 0.229 e. The average molecular weight is 204 g/mol. The number of carbonyl (C=O) groups is 1. The van der Waals surface area contributed by atoms with Gasteiger partial charge in [-0.15, -0.1) is 0 Å². The van der Waals surface area contributed by atoms with Gasteiger partial charge in [0.15, 0.2) is 0 Å². The van der Waals surface area contributed by atoms with Crippen LogP contribution in [-0.4, -0.2) is 11.9 Å². The Kier molecular flexibility index (Phi) is 2.39. The van der Waals surface area contributed by atoms with Crippen LogP contribution in [0, 0.1) is 12.8 Å². The van der Waals surface area contributed by atoms with E-state index in [1.807, 2.05) is 39.0 Å². The van der Waals surface area contributed by atoms with Crippen molar-refractivity contribution in [1.29, 1.82) is 0 Å². The average Bonchev–Trinajstić information content (AvgIpc) is 2.30. The van der Waals surface area contributed by atoms with E-state index in [4.69, 9.17) is 0 Å². The summed E-state index contributed by atoms with van der Waals surface area (Å²) in [5, 5.41) is 6.33. The Morgan fingerprint density at radius 1 is 1.27 bits per heavy atom. The van der Waals surface area contributed by atoms with Gasteiger partial charge in [0.05, 0.1) is 17.3 Å². The molecule has 0 fully saturated rings. The van der Waals surface area contributed by atoms with Crippen molar-refractivity contribution in [3.8, 4) is 0 Å². The largest absolute Gasteiger partial charge is 0.380 e. The first-order chi connectivity index (χ1) is 7.09. The van der Waals surface area contributed by atoms with Crippen molar-refractivity contribution in [2.75, 3.05) is 10.6 Å². The molecule has 1 aliphatic rings. The normalized spacial score (nSPS) is 24.9. The van der Waals surface area contributed by atoms with Crippen molar-refractivity contribution in [2.24, 2.45) is 5.92 Å². The molecule has 80 valence electrons. The second kappa shape index (κ2) is 3.57. The van der Waals surface area contributed by atoms with Gasteiger partial charge in [0.2, 0.25) is 5.91 Å². The summed E-state index contributed by atoms with van der Waals surface area (Å²) in [6, 6.07) is 6.09. The molecule has 2 rings (SSSR count). The summed E-state index contributed by atoms with van der Waals surface area (Å²) in [5.74, 6) is 0.0659. The van der Waals surface area contributed by atoms with E-state index in [0.29, 0.717) is 0 Å². The molecule has 1 aliphatic heterocycles. The molecule has 0 aromatic heterocycles. The number of aryl methyl sites for hydroxylation is 1. The molecule has 0 saturated carbocycles. The summed E-state index contributed by atoms with van der Waals surface area (Å²) < 4.78 is 0. The molecule has 3 heteroatoms. The third-order valence-electron chi connectivity index (χ3n) is 3.07. The van der Waals surface area contributed by atoms with E-state index in [-0.39, 0.29) is 17.9 Å². The highest BCUT2D eigenvalue weighted by atomic mass is 16.1. The van der Waals surface area contributed by atoms with E-state index < -0.39 is 0 Å². The third-order valence-corrected chi connectivity index (χ3v) is 3.07. The quantitative estimate of drug-likeness (QED) is 0.681. The number of hydrogen-bond acceptors (Lipinski definition) is 2. The second-order valence-electron chi connectivity index (χ2n) is 4.21. The Hall–Kier alpha value is -1.51. The van der Waals surface area contributed by atoms with Crippen LogP contribution < -0.4 is 10.6 Å². The van der Waals surface area contributed by atoms with Crippen LogP contribution in [0.4, 0.5) is 11.4 Å². The Balaban J connectivity index is 2.46. The Morgan fingerprint density at radius 2 is 2.00 bits per heavy atom. The van der Waals surface area contributed by atoms with Crippen molar-refractivity contribution in [3.05, 3.63) is 23.8 Å². The molecule has 3 nitrogen and oxygen atoms in total. The van der Waals surface area contributed by atoms with E-state index in [2.05, 4.69) is 10.6 Å². The molecular weight excluding hydrogens is 188 g/mol. The molecular formula is C12H16N2O. The molecule has 0 bridgehead atoms. The van der Waals surface area contributed by atoms with Crippen LogP contribution in [-0.2, 0) is 4.79 Å². The third kappa shape index (κ3) is 1.69. The first-order valence-electron chi connectivity index (χ1n) is 5.26. The van der Waals surface area contributed by atoms with E-state index in [9.17, 15) is 4.79 Å². The zero-order chi connectivity index (χ0) is 11.0. The predicted molar refractivity (Wildman–Crippen MR) is 62.1 cm³/mol. The van der Waals surface area contributed by atoms with E-state index in [1.165, 1.54) is 0 Å². The summed E-state index contributed by atoms with van der Waals surface area (Å²) in [6.45, 7) is 6.01.